The van der Waals surface area contributed by atoms with Crippen molar-refractivity contribution in [1.29, 1.82) is 0 Å². The zero-order valence-corrected chi connectivity index (χ0v) is 14.7. The lowest BCUT2D eigenvalue weighted by atomic mass is 9.85. The van der Waals surface area contributed by atoms with E-state index in [-0.39, 0.29) is 6.04 Å². The number of hydrogen-bond acceptors (Lipinski definition) is 4. The molecule has 0 unspecified atom stereocenters. The first kappa shape index (κ1) is 16.9. The molecule has 1 aliphatic rings. The lowest BCUT2D eigenvalue weighted by Crippen LogP contribution is -2.37. The average Bonchev–Trinajstić information content (AvgIpc) is 2.82. The molecule has 1 saturated carbocycles. The van der Waals surface area contributed by atoms with Gasteiger partial charge in [0.2, 0.25) is 10.0 Å². The van der Waals surface area contributed by atoms with Gasteiger partial charge < -0.3 is 5.32 Å². The molecule has 0 aliphatic heterocycles. The maximum atomic E-state index is 12.5. The summed E-state index contributed by atoms with van der Waals surface area (Å²) in [6.07, 6.45) is 5.41. The molecule has 2 rings (SSSR count). The van der Waals surface area contributed by atoms with E-state index < -0.39 is 10.0 Å². The summed E-state index contributed by atoms with van der Waals surface area (Å²) in [5.41, 5.74) is 1.05. The van der Waals surface area contributed by atoms with Crippen molar-refractivity contribution in [2.75, 3.05) is 7.05 Å². The van der Waals surface area contributed by atoms with Gasteiger partial charge in [0.1, 0.15) is 4.21 Å². The topological polar surface area (TPSA) is 58.2 Å². The number of nitrogens with one attached hydrogen (secondary N) is 2. The van der Waals surface area contributed by atoms with Gasteiger partial charge in [0, 0.05) is 17.5 Å². The van der Waals surface area contributed by atoms with E-state index in [0.29, 0.717) is 10.8 Å². The maximum Gasteiger partial charge on any atom is 0.250 e. The fourth-order valence-corrected chi connectivity index (χ4v) is 5.85. The highest BCUT2D eigenvalue weighted by molar-refractivity contribution is 7.91. The number of aryl methyl sites for hydroxylation is 1. The second kappa shape index (κ2) is 7.22. The SMILES string of the molecule is CCC1CCC(NS(=O)(=O)c2cc(C)c(CNC)s2)CC1. The average molecular weight is 331 g/mol. The molecule has 0 radical (unpaired) electrons. The highest BCUT2D eigenvalue weighted by Crippen LogP contribution is 2.29. The number of hydrogen-bond donors (Lipinski definition) is 2. The third-order valence-electron chi connectivity index (χ3n) is 4.35. The minimum atomic E-state index is -3.36. The van der Waals surface area contributed by atoms with Crippen LogP contribution in [0.4, 0.5) is 0 Å². The van der Waals surface area contributed by atoms with Gasteiger partial charge in [-0.15, -0.1) is 11.3 Å². The van der Waals surface area contributed by atoms with Gasteiger partial charge in [-0.05, 0) is 57.2 Å². The quantitative estimate of drug-likeness (QED) is 0.843. The summed E-state index contributed by atoms with van der Waals surface area (Å²) in [6.45, 7) is 4.90. The molecule has 6 heteroatoms. The fraction of sp³-hybridized carbons (Fsp3) is 0.733. The Bertz CT molecular complexity index is 558. The molecule has 0 saturated heterocycles. The number of sulfonamides is 1. The molecule has 2 N–H and O–H groups in total. The van der Waals surface area contributed by atoms with Crippen LogP contribution < -0.4 is 10.0 Å². The first-order valence-corrected chi connectivity index (χ1v) is 10.0. The minimum Gasteiger partial charge on any atom is -0.315 e. The van der Waals surface area contributed by atoms with Crippen LogP contribution in [0.15, 0.2) is 10.3 Å². The van der Waals surface area contributed by atoms with Crippen molar-refractivity contribution in [2.24, 2.45) is 5.92 Å². The van der Waals surface area contributed by atoms with E-state index in [1.807, 2.05) is 14.0 Å². The lowest BCUT2D eigenvalue weighted by molar-refractivity contribution is 0.306. The molecule has 0 amide bonds. The van der Waals surface area contributed by atoms with Crippen LogP contribution in [-0.2, 0) is 16.6 Å². The molecular weight excluding hydrogens is 304 g/mol. The molecule has 1 fully saturated rings. The summed E-state index contributed by atoms with van der Waals surface area (Å²) in [5.74, 6) is 0.775. The maximum absolute atomic E-state index is 12.5. The smallest absolute Gasteiger partial charge is 0.250 e. The van der Waals surface area contributed by atoms with Crippen molar-refractivity contribution in [3.8, 4) is 0 Å². The Labute approximate surface area is 132 Å². The van der Waals surface area contributed by atoms with Crippen molar-refractivity contribution in [3.63, 3.8) is 0 Å². The standard InChI is InChI=1S/C15H26N2O2S2/c1-4-12-5-7-13(8-6-12)17-21(18,19)15-9-11(2)14(20-15)10-16-3/h9,12-13,16-17H,4-8,10H2,1-3H3. The Morgan fingerprint density at radius 3 is 2.52 bits per heavy atom. The molecule has 1 aliphatic carbocycles. The summed E-state index contributed by atoms with van der Waals surface area (Å²) in [7, 11) is -1.49. The summed E-state index contributed by atoms with van der Waals surface area (Å²) in [6, 6.07) is 1.89. The summed E-state index contributed by atoms with van der Waals surface area (Å²) < 4.78 is 28.3. The van der Waals surface area contributed by atoms with Gasteiger partial charge in [-0.1, -0.05) is 13.3 Å². The van der Waals surface area contributed by atoms with Crippen LogP contribution in [-0.4, -0.2) is 21.5 Å². The van der Waals surface area contributed by atoms with Gasteiger partial charge >= 0.3 is 0 Å². The molecule has 1 aromatic rings. The number of rotatable bonds is 6. The van der Waals surface area contributed by atoms with Crippen LogP contribution in [0.2, 0.25) is 0 Å². The van der Waals surface area contributed by atoms with E-state index in [9.17, 15) is 8.42 Å². The van der Waals surface area contributed by atoms with Crippen molar-refractivity contribution < 1.29 is 8.42 Å². The second-order valence-corrected chi connectivity index (χ2v) is 9.03. The predicted octanol–water partition coefficient (Wildman–Crippen LogP) is 3.02. The Morgan fingerprint density at radius 1 is 1.29 bits per heavy atom. The first-order valence-electron chi connectivity index (χ1n) is 7.72. The van der Waals surface area contributed by atoms with E-state index >= 15 is 0 Å². The second-order valence-electron chi connectivity index (χ2n) is 5.95. The van der Waals surface area contributed by atoms with E-state index in [1.165, 1.54) is 17.8 Å². The van der Waals surface area contributed by atoms with Crippen LogP contribution >= 0.6 is 11.3 Å². The lowest BCUT2D eigenvalue weighted by Gasteiger charge is -2.27. The Morgan fingerprint density at radius 2 is 1.95 bits per heavy atom. The third-order valence-corrected chi connectivity index (χ3v) is 7.58. The van der Waals surface area contributed by atoms with Crippen LogP contribution in [0.1, 0.15) is 49.5 Å². The van der Waals surface area contributed by atoms with Crippen LogP contribution in [0.5, 0.6) is 0 Å². The Hall–Kier alpha value is -0.430. The number of thiophene rings is 1. The third kappa shape index (κ3) is 4.28. The van der Waals surface area contributed by atoms with Gasteiger partial charge in [-0.25, -0.2) is 13.1 Å². The largest absolute Gasteiger partial charge is 0.315 e. The molecule has 21 heavy (non-hydrogen) atoms. The van der Waals surface area contributed by atoms with Gasteiger partial charge in [-0.3, -0.25) is 0 Å². The molecule has 1 aromatic heterocycles. The Kier molecular flexibility index (Phi) is 5.82. The monoisotopic (exact) mass is 330 g/mol. The zero-order chi connectivity index (χ0) is 15.5. The normalized spacial score (nSPS) is 23.4. The van der Waals surface area contributed by atoms with E-state index in [1.54, 1.807) is 6.07 Å². The van der Waals surface area contributed by atoms with E-state index in [4.69, 9.17) is 0 Å². The van der Waals surface area contributed by atoms with Crippen LogP contribution in [0.3, 0.4) is 0 Å². The van der Waals surface area contributed by atoms with Crippen molar-refractivity contribution in [2.45, 2.75) is 62.7 Å². The van der Waals surface area contributed by atoms with Crippen molar-refractivity contribution in [3.05, 3.63) is 16.5 Å². The van der Waals surface area contributed by atoms with Gasteiger partial charge in [-0.2, -0.15) is 0 Å². The molecule has 4 nitrogen and oxygen atoms in total. The van der Waals surface area contributed by atoms with Crippen LogP contribution in [0, 0.1) is 12.8 Å². The molecule has 0 bridgehead atoms. The van der Waals surface area contributed by atoms with E-state index in [2.05, 4.69) is 17.0 Å². The van der Waals surface area contributed by atoms with Crippen molar-refractivity contribution >= 4 is 21.4 Å². The fourth-order valence-electron chi connectivity index (χ4n) is 2.92. The van der Waals surface area contributed by atoms with Gasteiger partial charge in [0.25, 0.3) is 0 Å². The summed E-state index contributed by atoms with van der Waals surface area (Å²) in [5, 5.41) is 3.08. The van der Waals surface area contributed by atoms with Crippen molar-refractivity contribution in [1.82, 2.24) is 10.0 Å². The zero-order valence-electron chi connectivity index (χ0n) is 13.1. The highest BCUT2D eigenvalue weighted by atomic mass is 32.2. The molecule has 0 spiro atoms. The molecule has 120 valence electrons. The van der Waals surface area contributed by atoms with Gasteiger partial charge in [0.05, 0.1) is 0 Å². The molecule has 0 aromatic carbocycles. The summed E-state index contributed by atoms with van der Waals surface area (Å²) >= 11 is 1.37. The Balaban J connectivity index is 2.03. The molecule has 0 atom stereocenters. The minimum absolute atomic E-state index is 0.105. The van der Waals surface area contributed by atoms with Gasteiger partial charge in [0.15, 0.2) is 0 Å². The van der Waals surface area contributed by atoms with E-state index in [0.717, 1.165) is 42.0 Å². The van der Waals surface area contributed by atoms with Crippen LogP contribution in [0.25, 0.3) is 0 Å². The predicted molar refractivity (Wildman–Crippen MR) is 88.2 cm³/mol. The first-order chi connectivity index (χ1) is 9.96. The summed E-state index contributed by atoms with van der Waals surface area (Å²) in [4.78, 5) is 1.09. The molecular formula is C15H26N2O2S2. The highest BCUT2D eigenvalue weighted by Gasteiger charge is 2.26. The molecule has 1 heterocycles.